The molecule has 0 aliphatic heterocycles. The third-order valence-corrected chi connectivity index (χ3v) is 15.1. The Morgan fingerprint density at radius 3 is 1.05 bits per heavy atom. The highest BCUT2D eigenvalue weighted by atomic mass is 16.7. The number of carboxylic acids is 1. The van der Waals surface area contributed by atoms with E-state index in [4.69, 9.17) is 18.9 Å². The fraction of sp³-hybridized carbons (Fsp3) is 0.870. The van der Waals surface area contributed by atoms with Crippen LogP contribution in [-0.2, 0) is 33.3 Å². The second kappa shape index (κ2) is 60.6. The van der Waals surface area contributed by atoms with Crippen LogP contribution in [0.25, 0.3) is 0 Å². The molecule has 0 bridgehead atoms. The van der Waals surface area contributed by atoms with Crippen molar-refractivity contribution in [1.29, 1.82) is 0 Å². The minimum Gasteiger partial charge on any atom is -0.477 e. The van der Waals surface area contributed by atoms with Crippen LogP contribution >= 0.6 is 0 Å². The molecule has 2 atom stereocenters. The fourth-order valence-electron chi connectivity index (χ4n) is 9.97. The summed E-state index contributed by atoms with van der Waals surface area (Å²) in [7, 11) is 5.98. The summed E-state index contributed by atoms with van der Waals surface area (Å²) in [5.74, 6) is -2.00. The van der Waals surface area contributed by atoms with E-state index in [1.54, 1.807) is 0 Å². The maximum absolute atomic E-state index is 12.9. The molecule has 9 heteroatoms. The first-order valence-corrected chi connectivity index (χ1v) is 33.7. The number of unbranched alkanes of at least 4 members (excludes halogenated alkanes) is 42. The number of carbonyl (C=O) groups excluding carboxylic acids is 2. The molecule has 0 saturated carbocycles. The minimum atomic E-state index is -1.51. The van der Waals surface area contributed by atoms with Gasteiger partial charge in [-0.25, -0.2) is 4.79 Å². The summed E-state index contributed by atoms with van der Waals surface area (Å²) in [5, 5.41) is 9.72. The molecule has 458 valence electrons. The maximum Gasteiger partial charge on any atom is 0.361 e. The van der Waals surface area contributed by atoms with E-state index >= 15 is 0 Å². The van der Waals surface area contributed by atoms with Gasteiger partial charge < -0.3 is 28.5 Å². The Balaban J connectivity index is 4.03. The van der Waals surface area contributed by atoms with Gasteiger partial charge in [-0.15, -0.1) is 0 Å². The number of nitrogens with zero attached hydrogens (tertiary/aromatic N) is 1. The highest BCUT2D eigenvalue weighted by Gasteiger charge is 2.25. The molecule has 0 saturated heterocycles. The van der Waals surface area contributed by atoms with Crippen molar-refractivity contribution in [3.63, 3.8) is 0 Å². The molecule has 0 heterocycles. The van der Waals surface area contributed by atoms with E-state index in [1.165, 1.54) is 238 Å². The molecule has 9 nitrogen and oxygen atoms in total. The van der Waals surface area contributed by atoms with Crippen LogP contribution in [0.1, 0.15) is 328 Å². The standard InChI is InChI=1S/C69H129NO8/c1-6-8-10-12-14-16-18-20-22-24-26-27-28-29-30-31-32-33-34-35-36-37-38-39-40-42-43-45-47-49-51-53-55-57-59-66(71)76-63-65(64-77-69(68(73)74)75-62-61-70(3,4)5)78-67(72)60-58-56-54-52-50-48-46-44-41-25-23-21-19-17-15-13-11-9-7-2/h15,17,21,23,41,44,65,69H,6-14,16,18-20,22,24-40,42-43,45-64H2,1-5H3/p+1/b17-15-,23-21-,44-41-. The summed E-state index contributed by atoms with van der Waals surface area (Å²) in [6.07, 6.45) is 72.7. The third-order valence-electron chi connectivity index (χ3n) is 15.1. The van der Waals surface area contributed by atoms with Crippen molar-refractivity contribution in [2.75, 3.05) is 47.5 Å². The van der Waals surface area contributed by atoms with Gasteiger partial charge in [-0.2, -0.15) is 0 Å². The van der Waals surface area contributed by atoms with Crippen molar-refractivity contribution in [1.82, 2.24) is 0 Å². The zero-order valence-electron chi connectivity index (χ0n) is 52.3. The van der Waals surface area contributed by atoms with Gasteiger partial charge in [-0.3, -0.25) is 9.59 Å². The number of hydrogen-bond donors (Lipinski definition) is 1. The molecule has 0 amide bonds. The quantitative estimate of drug-likeness (QED) is 0.0211. The summed E-state index contributed by atoms with van der Waals surface area (Å²) >= 11 is 0. The molecule has 0 rings (SSSR count). The summed E-state index contributed by atoms with van der Waals surface area (Å²) in [6.45, 7) is 4.89. The van der Waals surface area contributed by atoms with Crippen LogP contribution in [0.4, 0.5) is 0 Å². The van der Waals surface area contributed by atoms with Gasteiger partial charge in [0.05, 0.1) is 34.4 Å². The molecule has 0 radical (unpaired) electrons. The summed E-state index contributed by atoms with van der Waals surface area (Å²) < 4.78 is 22.9. The second-order valence-electron chi connectivity index (χ2n) is 24.1. The molecule has 78 heavy (non-hydrogen) atoms. The van der Waals surface area contributed by atoms with Gasteiger partial charge in [-0.1, -0.05) is 301 Å². The molecule has 0 aromatic rings. The lowest BCUT2D eigenvalue weighted by atomic mass is 10.0. The highest BCUT2D eigenvalue weighted by Crippen LogP contribution is 2.18. The Kier molecular flexibility index (Phi) is 58.7. The zero-order valence-corrected chi connectivity index (χ0v) is 52.3. The fourth-order valence-corrected chi connectivity index (χ4v) is 9.97. The number of hydrogen-bond acceptors (Lipinski definition) is 7. The zero-order chi connectivity index (χ0) is 56.9. The Hall–Kier alpha value is -2.49. The number of ether oxygens (including phenoxy) is 4. The van der Waals surface area contributed by atoms with Gasteiger partial charge in [0.1, 0.15) is 13.2 Å². The maximum atomic E-state index is 12.9. The topological polar surface area (TPSA) is 108 Å². The number of esters is 2. The van der Waals surface area contributed by atoms with E-state index < -0.39 is 24.3 Å². The summed E-state index contributed by atoms with van der Waals surface area (Å²) in [6, 6.07) is 0. The van der Waals surface area contributed by atoms with Crippen LogP contribution in [0.5, 0.6) is 0 Å². The molecule has 0 aliphatic carbocycles. The molecular weight excluding hydrogens is 971 g/mol. The largest absolute Gasteiger partial charge is 0.477 e. The van der Waals surface area contributed by atoms with Crippen LogP contribution < -0.4 is 0 Å². The van der Waals surface area contributed by atoms with Gasteiger partial charge in [0.15, 0.2) is 6.10 Å². The van der Waals surface area contributed by atoms with Gasteiger partial charge >= 0.3 is 17.9 Å². The summed E-state index contributed by atoms with van der Waals surface area (Å²) in [4.78, 5) is 37.5. The van der Waals surface area contributed by atoms with E-state index in [0.717, 1.165) is 57.8 Å². The van der Waals surface area contributed by atoms with Crippen molar-refractivity contribution in [3.8, 4) is 0 Å². The van der Waals surface area contributed by atoms with E-state index in [0.29, 0.717) is 23.9 Å². The predicted molar refractivity (Wildman–Crippen MR) is 332 cm³/mol. The predicted octanol–water partition coefficient (Wildman–Crippen LogP) is 20.4. The van der Waals surface area contributed by atoms with E-state index in [-0.39, 0.29) is 32.2 Å². The number of rotatable bonds is 63. The average Bonchev–Trinajstić information content (AvgIpc) is 3.41. The van der Waals surface area contributed by atoms with Gasteiger partial charge in [-0.05, 0) is 51.4 Å². The number of carbonyl (C=O) groups is 3. The van der Waals surface area contributed by atoms with Crippen LogP contribution in [0, 0.1) is 0 Å². The summed E-state index contributed by atoms with van der Waals surface area (Å²) in [5.41, 5.74) is 0. The smallest absolute Gasteiger partial charge is 0.361 e. The molecule has 0 aromatic carbocycles. The number of allylic oxidation sites excluding steroid dienone is 6. The Bertz CT molecular complexity index is 1370. The van der Waals surface area contributed by atoms with Crippen molar-refractivity contribution in [2.45, 2.75) is 341 Å². The first-order valence-electron chi connectivity index (χ1n) is 33.7. The first-order chi connectivity index (χ1) is 38.1. The van der Waals surface area contributed by atoms with Crippen LogP contribution in [-0.4, -0.2) is 87.4 Å². The lowest BCUT2D eigenvalue weighted by molar-refractivity contribution is -0.870. The van der Waals surface area contributed by atoms with Crippen molar-refractivity contribution in [2.24, 2.45) is 0 Å². The molecule has 0 spiro atoms. The second-order valence-corrected chi connectivity index (χ2v) is 24.1. The van der Waals surface area contributed by atoms with Crippen LogP contribution in [0.15, 0.2) is 36.5 Å². The van der Waals surface area contributed by atoms with Gasteiger partial charge in [0.2, 0.25) is 0 Å². The lowest BCUT2D eigenvalue weighted by Gasteiger charge is -2.25. The van der Waals surface area contributed by atoms with Crippen LogP contribution in [0.2, 0.25) is 0 Å². The lowest BCUT2D eigenvalue weighted by Crippen LogP contribution is -2.40. The highest BCUT2D eigenvalue weighted by molar-refractivity contribution is 5.71. The minimum absolute atomic E-state index is 0.184. The molecular formula is C69H130NO8+. The molecule has 0 aromatic heterocycles. The van der Waals surface area contributed by atoms with E-state index in [9.17, 15) is 19.5 Å². The van der Waals surface area contributed by atoms with Gasteiger partial charge in [0, 0.05) is 12.8 Å². The van der Waals surface area contributed by atoms with Crippen molar-refractivity contribution in [3.05, 3.63) is 36.5 Å². The van der Waals surface area contributed by atoms with Crippen LogP contribution in [0.3, 0.4) is 0 Å². The van der Waals surface area contributed by atoms with E-state index in [2.05, 4.69) is 50.3 Å². The number of quaternary nitrogens is 1. The SMILES string of the molecule is CCCCC/C=C\C/C=C\C/C=C\CCCCCCCCC(=O)OC(COC(=O)CCCCCCCCCCCCCCCCCCCCCCCCCCCCCCCCCCCC)COC(OCC[N+](C)(C)C)C(=O)O. The third kappa shape index (κ3) is 61.1. The Morgan fingerprint density at radius 1 is 0.385 bits per heavy atom. The Labute approximate surface area is 483 Å². The number of aliphatic carboxylic acids is 1. The molecule has 2 unspecified atom stereocenters. The molecule has 1 N–H and O–H groups in total. The monoisotopic (exact) mass is 1100 g/mol. The first kappa shape index (κ1) is 75.5. The van der Waals surface area contributed by atoms with Gasteiger partial charge in [0.25, 0.3) is 6.29 Å². The Morgan fingerprint density at radius 2 is 0.692 bits per heavy atom. The average molecular weight is 1100 g/mol. The van der Waals surface area contributed by atoms with E-state index in [1.807, 2.05) is 21.1 Å². The molecule has 0 aliphatic rings. The van der Waals surface area contributed by atoms with Crippen molar-refractivity contribution < 1.29 is 42.9 Å². The number of likely N-dealkylation sites (N-methyl/N-ethyl adjacent to an activating group) is 1. The number of carboxylic acid groups (broad SMARTS) is 1. The normalized spacial score (nSPS) is 12.9. The van der Waals surface area contributed by atoms with Crippen molar-refractivity contribution >= 4 is 17.9 Å². The molecule has 0 fully saturated rings.